The lowest BCUT2D eigenvalue weighted by atomic mass is 10.1. The van der Waals surface area contributed by atoms with Crippen molar-refractivity contribution in [1.29, 1.82) is 0 Å². The number of benzene rings is 2. The lowest BCUT2D eigenvalue weighted by Gasteiger charge is -2.37. The molecule has 2 aromatic carbocycles. The molecule has 0 spiro atoms. The van der Waals surface area contributed by atoms with Crippen LogP contribution in [0.2, 0.25) is 0 Å². The van der Waals surface area contributed by atoms with Crippen LogP contribution in [0.15, 0.2) is 54.6 Å². The molecule has 3 rings (SSSR count). The summed E-state index contributed by atoms with van der Waals surface area (Å²) in [5, 5.41) is 0. The minimum absolute atomic E-state index is 0.0778. The maximum atomic E-state index is 6.34. The van der Waals surface area contributed by atoms with E-state index in [-0.39, 0.29) is 6.04 Å². The van der Waals surface area contributed by atoms with Crippen molar-refractivity contribution in [2.75, 3.05) is 44.7 Å². The predicted octanol–water partition coefficient (Wildman–Crippen LogP) is 2.52. The number of nitrogens with zero attached hydrogens (tertiary/aromatic N) is 2. The summed E-state index contributed by atoms with van der Waals surface area (Å²) in [6.07, 6.45) is 0. The van der Waals surface area contributed by atoms with Crippen LogP contribution in [0.3, 0.4) is 0 Å². The van der Waals surface area contributed by atoms with Crippen LogP contribution in [0, 0.1) is 0 Å². The maximum absolute atomic E-state index is 6.34. The Morgan fingerprint density at radius 1 is 0.957 bits per heavy atom. The zero-order chi connectivity index (χ0) is 16.1. The number of para-hydroxylation sites is 2. The van der Waals surface area contributed by atoms with E-state index in [9.17, 15) is 0 Å². The van der Waals surface area contributed by atoms with Crippen molar-refractivity contribution in [2.45, 2.75) is 6.04 Å². The highest BCUT2D eigenvalue weighted by Crippen LogP contribution is 2.28. The highest BCUT2D eigenvalue weighted by molar-refractivity contribution is 5.58. The fraction of sp³-hybridized carbons (Fsp3) is 0.368. The number of rotatable bonds is 5. The van der Waals surface area contributed by atoms with Crippen molar-refractivity contribution >= 4 is 5.69 Å². The van der Waals surface area contributed by atoms with E-state index in [0.717, 1.165) is 38.5 Å². The largest absolute Gasteiger partial charge is 0.495 e. The van der Waals surface area contributed by atoms with Gasteiger partial charge < -0.3 is 15.4 Å². The van der Waals surface area contributed by atoms with Crippen molar-refractivity contribution < 1.29 is 4.74 Å². The molecule has 1 saturated heterocycles. The van der Waals surface area contributed by atoms with Crippen LogP contribution >= 0.6 is 0 Å². The summed E-state index contributed by atoms with van der Waals surface area (Å²) in [7, 11) is 1.73. The molecule has 0 aliphatic carbocycles. The Hall–Kier alpha value is -2.04. The lowest BCUT2D eigenvalue weighted by Crippen LogP contribution is -2.48. The first-order valence-corrected chi connectivity index (χ1v) is 8.19. The highest BCUT2D eigenvalue weighted by Gasteiger charge is 2.21. The van der Waals surface area contributed by atoms with Gasteiger partial charge in [-0.25, -0.2) is 0 Å². The van der Waals surface area contributed by atoms with Gasteiger partial charge in [-0.2, -0.15) is 0 Å². The van der Waals surface area contributed by atoms with Crippen LogP contribution in [0.25, 0.3) is 0 Å². The van der Waals surface area contributed by atoms with E-state index in [0.29, 0.717) is 0 Å². The Morgan fingerprint density at radius 2 is 1.61 bits per heavy atom. The summed E-state index contributed by atoms with van der Waals surface area (Å²) in [6.45, 7) is 4.96. The van der Waals surface area contributed by atoms with Gasteiger partial charge >= 0.3 is 0 Å². The fourth-order valence-electron chi connectivity index (χ4n) is 3.15. The molecular weight excluding hydrogens is 286 g/mol. The zero-order valence-corrected chi connectivity index (χ0v) is 13.7. The monoisotopic (exact) mass is 311 g/mol. The number of methoxy groups -OCH3 is 1. The maximum Gasteiger partial charge on any atom is 0.142 e. The number of hydrogen-bond acceptors (Lipinski definition) is 4. The van der Waals surface area contributed by atoms with Gasteiger partial charge in [-0.3, -0.25) is 4.90 Å². The van der Waals surface area contributed by atoms with Gasteiger partial charge in [0.25, 0.3) is 0 Å². The smallest absolute Gasteiger partial charge is 0.142 e. The first kappa shape index (κ1) is 15.8. The Bertz CT molecular complexity index is 609. The third-order valence-electron chi connectivity index (χ3n) is 4.48. The molecule has 1 aliphatic heterocycles. The molecule has 0 saturated carbocycles. The van der Waals surface area contributed by atoms with Crippen molar-refractivity contribution in [3.63, 3.8) is 0 Å². The first-order chi connectivity index (χ1) is 11.3. The molecule has 0 unspecified atom stereocenters. The van der Waals surface area contributed by atoms with Crippen molar-refractivity contribution in [3.8, 4) is 5.75 Å². The van der Waals surface area contributed by atoms with Crippen LogP contribution in [0.4, 0.5) is 5.69 Å². The number of hydrogen-bond donors (Lipinski definition) is 1. The van der Waals surface area contributed by atoms with Crippen molar-refractivity contribution in [2.24, 2.45) is 5.73 Å². The van der Waals surface area contributed by atoms with Gasteiger partial charge in [0.05, 0.1) is 12.8 Å². The Labute approximate surface area is 138 Å². The Morgan fingerprint density at radius 3 is 2.30 bits per heavy atom. The van der Waals surface area contributed by atoms with Gasteiger partial charge in [0, 0.05) is 38.8 Å². The summed E-state index contributed by atoms with van der Waals surface area (Å²) in [6, 6.07) is 18.6. The molecule has 1 fully saturated rings. The minimum Gasteiger partial charge on any atom is -0.495 e. The van der Waals surface area contributed by atoms with Crippen LogP contribution in [0.1, 0.15) is 11.6 Å². The standard InChI is InChI=1S/C19H25N3O/c1-23-19-10-6-5-9-18(19)22-13-11-21(12-14-22)15-17(20)16-7-3-2-4-8-16/h2-10,17H,11-15,20H2,1H3/t17-/m0/s1. The molecule has 4 heteroatoms. The van der Waals surface area contributed by atoms with Gasteiger partial charge in [0.2, 0.25) is 0 Å². The molecule has 0 bridgehead atoms. The fourth-order valence-corrected chi connectivity index (χ4v) is 3.15. The molecule has 4 nitrogen and oxygen atoms in total. The molecule has 1 aliphatic rings. The Kier molecular flexibility index (Phi) is 5.16. The van der Waals surface area contributed by atoms with Gasteiger partial charge in [-0.1, -0.05) is 42.5 Å². The zero-order valence-electron chi connectivity index (χ0n) is 13.7. The summed E-state index contributed by atoms with van der Waals surface area (Å²) in [4.78, 5) is 4.84. The minimum atomic E-state index is 0.0778. The second kappa shape index (κ2) is 7.49. The second-order valence-corrected chi connectivity index (χ2v) is 5.98. The van der Waals surface area contributed by atoms with E-state index in [2.05, 4.69) is 46.2 Å². The van der Waals surface area contributed by atoms with Crippen LogP contribution < -0.4 is 15.4 Å². The van der Waals surface area contributed by atoms with E-state index >= 15 is 0 Å². The first-order valence-electron chi connectivity index (χ1n) is 8.19. The Balaban J connectivity index is 1.56. The van der Waals surface area contributed by atoms with E-state index in [1.807, 2.05) is 18.2 Å². The summed E-state index contributed by atoms with van der Waals surface area (Å²) >= 11 is 0. The van der Waals surface area contributed by atoms with E-state index < -0.39 is 0 Å². The highest BCUT2D eigenvalue weighted by atomic mass is 16.5. The second-order valence-electron chi connectivity index (χ2n) is 5.98. The molecular formula is C19H25N3O. The topological polar surface area (TPSA) is 41.7 Å². The molecule has 23 heavy (non-hydrogen) atoms. The molecule has 1 heterocycles. The molecule has 0 radical (unpaired) electrons. The number of anilines is 1. The van der Waals surface area contributed by atoms with E-state index in [1.165, 1.54) is 11.3 Å². The average Bonchev–Trinajstić information content (AvgIpc) is 2.63. The molecule has 0 amide bonds. The number of nitrogens with two attached hydrogens (primary N) is 1. The quantitative estimate of drug-likeness (QED) is 0.921. The number of piperazine rings is 1. The van der Waals surface area contributed by atoms with E-state index in [1.54, 1.807) is 7.11 Å². The average molecular weight is 311 g/mol. The van der Waals surface area contributed by atoms with Crippen molar-refractivity contribution in [3.05, 3.63) is 60.2 Å². The third kappa shape index (κ3) is 3.84. The molecule has 1 atom stereocenters. The molecule has 2 aromatic rings. The van der Waals surface area contributed by atoms with Crippen molar-refractivity contribution in [1.82, 2.24) is 4.90 Å². The lowest BCUT2D eigenvalue weighted by molar-refractivity contribution is 0.242. The predicted molar refractivity (Wildman–Crippen MR) is 95.0 cm³/mol. The van der Waals surface area contributed by atoms with Gasteiger partial charge in [0.15, 0.2) is 0 Å². The van der Waals surface area contributed by atoms with E-state index in [4.69, 9.17) is 10.5 Å². The number of ether oxygens (including phenoxy) is 1. The third-order valence-corrected chi connectivity index (χ3v) is 4.48. The molecule has 2 N–H and O–H groups in total. The van der Waals surface area contributed by atoms with Gasteiger partial charge in [-0.15, -0.1) is 0 Å². The summed E-state index contributed by atoms with van der Waals surface area (Å²) in [5.41, 5.74) is 8.73. The van der Waals surface area contributed by atoms with Gasteiger partial charge in [-0.05, 0) is 17.7 Å². The van der Waals surface area contributed by atoms with Crippen LogP contribution in [0.5, 0.6) is 5.75 Å². The SMILES string of the molecule is COc1ccccc1N1CCN(C[C@H](N)c2ccccc2)CC1. The molecule has 122 valence electrons. The summed E-state index contributed by atoms with van der Waals surface area (Å²) in [5.74, 6) is 0.946. The van der Waals surface area contributed by atoms with Crippen LogP contribution in [-0.4, -0.2) is 44.7 Å². The van der Waals surface area contributed by atoms with Crippen LogP contribution in [-0.2, 0) is 0 Å². The molecule has 0 aromatic heterocycles. The summed E-state index contributed by atoms with van der Waals surface area (Å²) < 4.78 is 5.47. The van der Waals surface area contributed by atoms with Gasteiger partial charge in [0.1, 0.15) is 5.75 Å². The normalized spacial score (nSPS) is 17.0.